The number of carbonyl (C=O) groups is 1. The van der Waals surface area contributed by atoms with Gasteiger partial charge < -0.3 is 13.9 Å². The molecule has 0 bridgehead atoms. The summed E-state index contributed by atoms with van der Waals surface area (Å²) >= 11 is 5.97. The zero-order chi connectivity index (χ0) is 16.2. The molecule has 0 amide bonds. The summed E-state index contributed by atoms with van der Waals surface area (Å²) in [5, 5.41) is 0.523. The van der Waals surface area contributed by atoms with E-state index >= 15 is 0 Å². The highest BCUT2D eigenvalue weighted by Crippen LogP contribution is 2.22. The van der Waals surface area contributed by atoms with E-state index in [4.69, 9.17) is 21.1 Å². The Balaban J connectivity index is 1.55. The standard InChI is InChI=1S/C17H15ClN2O3/c1-12-6-7-20-11-14(19-16(20)10-12)17(21)23-9-8-22-15-5-3-2-4-13(15)18/h2-7,10-11H,8-9H2,1H3. The van der Waals surface area contributed by atoms with Gasteiger partial charge in [0, 0.05) is 12.4 Å². The van der Waals surface area contributed by atoms with Gasteiger partial charge in [0.05, 0.1) is 5.02 Å². The predicted octanol–water partition coefficient (Wildman–Crippen LogP) is 3.53. The summed E-state index contributed by atoms with van der Waals surface area (Å²) in [6.45, 7) is 2.32. The number of pyridine rings is 1. The lowest BCUT2D eigenvalue weighted by Crippen LogP contribution is -2.12. The Morgan fingerprint density at radius 1 is 1.26 bits per heavy atom. The Labute approximate surface area is 138 Å². The molecule has 0 aliphatic carbocycles. The molecule has 1 aromatic carbocycles. The molecule has 2 aromatic heterocycles. The lowest BCUT2D eigenvalue weighted by atomic mass is 10.3. The molecule has 0 aliphatic rings. The number of para-hydroxylation sites is 1. The van der Waals surface area contributed by atoms with Gasteiger partial charge in [0.2, 0.25) is 0 Å². The van der Waals surface area contributed by atoms with E-state index in [0.29, 0.717) is 16.4 Å². The third-order valence-corrected chi connectivity index (χ3v) is 3.55. The first-order valence-corrected chi connectivity index (χ1v) is 7.51. The fourth-order valence-corrected chi connectivity index (χ4v) is 2.29. The van der Waals surface area contributed by atoms with Crippen molar-refractivity contribution >= 4 is 23.2 Å². The Bertz CT molecular complexity index is 845. The van der Waals surface area contributed by atoms with Crippen LogP contribution in [0.1, 0.15) is 16.1 Å². The molecule has 0 N–H and O–H groups in total. The molecule has 3 aromatic rings. The predicted molar refractivity (Wildman–Crippen MR) is 87.2 cm³/mol. The highest BCUT2D eigenvalue weighted by molar-refractivity contribution is 6.32. The molecule has 5 nitrogen and oxygen atoms in total. The molecule has 118 valence electrons. The summed E-state index contributed by atoms with van der Waals surface area (Å²) < 4.78 is 12.4. The van der Waals surface area contributed by atoms with E-state index in [2.05, 4.69) is 4.98 Å². The highest BCUT2D eigenvalue weighted by Gasteiger charge is 2.12. The zero-order valence-electron chi connectivity index (χ0n) is 12.5. The van der Waals surface area contributed by atoms with Crippen molar-refractivity contribution in [1.29, 1.82) is 0 Å². The van der Waals surface area contributed by atoms with Crippen molar-refractivity contribution in [3.63, 3.8) is 0 Å². The Morgan fingerprint density at radius 3 is 2.91 bits per heavy atom. The van der Waals surface area contributed by atoms with Gasteiger partial charge in [-0.2, -0.15) is 0 Å². The van der Waals surface area contributed by atoms with E-state index in [9.17, 15) is 4.79 Å². The number of ether oxygens (including phenoxy) is 2. The summed E-state index contributed by atoms with van der Waals surface area (Å²) in [6, 6.07) is 11.0. The normalized spacial score (nSPS) is 10.7. The van der Waals surface area contributed by atoms with Crippen molar-refractivity contribution in [1.82, 2.24) is 9.38 Å². The van der Waals surface area contributed by atoms with Gasteiger partial charge in [-0.25, -0.2) is 9.78 Å². The maximum Gasteiger partial charge on any atom is 0.358 e. The largest absolute Gasteiger partial charge is 0.488 e. The molecule has 0 radical (unpaired) electrons. The van der Waals surface area contributed by atoms with Crippen molar-refractivity contribution in [2.45, 2.75) is 6.92 Å². The van der Waals surface area contributed by atoms with Gasteiger partial charge in [-0.3, -0.25) is 0 Å². The molecule has 0 unspecified atom stereocenters. The van der Waals surface area contributed by atoms with Crippen LogP contribution in [0.25, 0.3) is 5.65 Å². The number of benzene rings is 1. The number of aryl methyl sites for hydroxylation is 1. The number of fused-ring (bicyclic) bond motifs is 1. The molecule has 23 heavy (non-hydrogen) atoms. The summed E-state index contributed by atoms with van der Waals surface area (Å²) in [4.78, 5) is 16.2. The highest BCUT2D eigenvalue weighted by atomic mass is 35.5. The molecule has 3 rings (SSSR count). The van der Waals surface area contributed by atoms with Crippen LogP contribution in [0.2, 0.25) is 5.02 Å². The molecular weight excluding hydrogens is 316 g/mol. The molecule has 6 heteroatoms. The van der Waals surface area contributed by atoms with Gasteiger partial charge >= 0.3 is 5.97 Å². The van der Waals surface area contributed by atoms with Crippen molar-refractivity contribution in [3.8, 4) is 5.75 Å². The number of hydrogen-bond acceptors (Lipinski definition) is 4. The minimum absolute atomic E-state index is 0.122. The van der Waals surface area contributed by atoms with Gasteiger partial charge in [-0.05, 0) is 36.8 Å². The fourth-order valence-electron chi connectivity index (χ4n) is 2.10. The second-order valence-corrected chi connectivity index (χ2v) is 5.42. The Hall–Kier alpha value is -2.53. The first-order chi connectivity index (χ1) is 11.1. The molecule has 0 saturated carbocycles. The maximum absolute atomic E-state index is 12.0. The minimum Gasteiger partial charge on any atom is -0.488 e. The van der Waals surface area contributed by atoms with Gasteiger partial charge in [0.1, 0.15) is 24.6 Å². The second-order valence-electron chi connectivity index (χ2n) is 5.01. The van der Waals surface area contributed by atoms with Crippen molar-refractivity contribution < 1.29 is 14.3 Å². The zero-order valence-corrected chi connectivity index (χ0v) is 13.3. The van der Waals surface area contributed by atoms with Gasteiger partial charge in [-0.15, -0.1) is 0 Å². The fraction of sp³-hybridized carbons (Fsp3) is 0.176. The number of nitrogens with zero attached hydrogens (tertiary/aromatic N) is 2. The summed E-state index contributed by atoms with van der Waals surface area (Å²) in [6.07, 6.45) is 3.50. The summed E-state index contributed by atoms with van der Waals surface area (Å²) in [5.41, 5.74) is 2.06. The molecule has 0 atom stereocenters. The average Bonchev–Trinajstić information content (AvgIpc) is 2.96. The van der Waals surface area contributed by atoms with Gasteiger partial charge in [-0.1, -0.05) is 23.7 Å². The van der Waals surface area contributed by atoms with Crippen molar-refractivity contribution in [2.24, 2.45) is 0 Å². The SMILES string of the molecule is Cc1ccn2cc(C(=O)OCCOc3ccccc3Cl)nc2c1. The molecular formula is C17H15ClN2O3. The number of aromatic nitrogens is 2. The summed E-state index contributed by atoms with van der Waals surface area (Å²) in [5.74, 6) is 0.0857. The minimum atomic E-state index is -0.478. The second kappa shape index (κ2) is 6.71. The topological polar surface area (TPSA) is 52.8 Å². The van der Waals surface area contributed by atoms with E-state index in [1.165, 1.54) is 0 Å². The number of rotatable bonds is 5. The van der Waals surface area contributed by atoms with Crippen LogP contribution in [0.15, 0.2) is 48.8 Å². The third kappa shape index (κ3) is 3.63. The lowest BCUT2D eigenvalue weighted by molar-refractivity contribution is 0.0444. The van der Waals surface area contributed by atoms with Crippen LogP contribution in [0.5, 0.6) is 5.75 Å². The van der Waals surface area contributed by atoms with Crippen LogP contribution in [0.3, 0.4) is 0 Å². The van der Waals surface area contributed by atoms with Crippen LogP contribution in [0, 0.1) is 6.92 Å². The third-order valence-electron chi connectivity index (χ3n) is 3.24. The number of esters is 1. The number of halogens is 1. The number of carbonyl (C=O) groups excluding carboxylic acids is 1. The Morgan fingerprint density at radius 2 is 2.09 bits per heavy atom. The maximum atomic E-state index is 12.0. The van der Waals surface area contributed by atoms with Crippen LogP contribution in [0.4, 0.5) is 0 Å². The van der Waals surface area contributed by atoms with Gasteiger partial charge in [0.25, 0.3) is 0 Å². The number of hydrogen-bond donors (Lipinski definition) is 0. The van der Waals surface area contributed by atoms with E-state index in [-0.39, 0.29) is 18.9 Å². The number of imidazole rings is 1. The first kappa shape index (κ1) is 15.4. The molecule has 0 spiro atoms. The van der Waals surface area contributed by atoms with Gasteiger partial charge in [0.15, 0.2) is 5.69 Å². The Kier molecular flexibility index (Phi) is 4.48. The van der Waals surface area contributed by atoms with E-state index in [0.717, 1.165) is 5.56 Å². The van der Waals surface area contributed by atoms with E-state index in [1.807, 2.05) is 37.4 Å². The van der Waals surface area contributed by atoms with Crippen molar-refractivity contribution in [3.05, 3.63) is 65.1 Å². The van der Waals surface area contributed by atoms with Crippen LogP contribution in [-0.2, 0) is 4.74 Å². The average molecular weight is 331 g/mol. The first-order valence-electron chi connectivity index (χ1n) is 7.13. The molecule has 0 saturated heterocycles. The van der Waals surface area contributed by atoms with Crippen LogP contribution < -0.4 is 4.74 Å². The van der Waals surface area contributed by atoms with E-state index in [1.54, 1.807) is 22.7 Å². The van der Waals surface area contributed by atoms with Crippen molar-refractivity contribution in [2.75, 3.05) is 13.2 Å². The monoisotopic (exact) mass is 330 g/mol. The van der Waals surface area contributed by atoms with Crippen LogP contribution >= 0.6 is 11.6 Å². The quantitative estimate of drug-likeness (QED) is 0.530. The van der Waals surface area contributed by atoms with Crippen LogP contribution in [-0.4, -0.2) is 28.6 Å². The molecule has 0 aliphatic heterocycles. The lowest BCUT2D eigenvalue weighted by Gasteiger charge is -2.07. The smallest absolute Gasteiger partial charge is 0.358 e. The molecule has 0 fully saturated rings. The summed E-state index contributed by atoms with van der Waals surface area (Å²) in [7, 11) is 0. The molecule has 2 heterocycles. The van der Waals surface area contributed by atoms with E-state index < -0.39 is 5.97 Å².